The molecular weight excluding hydrogens is 193 g/mol. The maximum atomic E-state index is 12.7. The molecule has 0 bridgehead atoms. The fourth-order valence-electron chi connectivity index (χ4n) is 1.64. The molecule has 1 aliphatic heterocycles. The molecule has 1 fully saturated rings. The van der Waals surface area contributed by atoms with E-state index in [1.807, 2.05) is 0 Å². The van der Waals surface area contributed by atoms with Crippen molar-refractivity contribution in [3.63, 3.8) is 0 Å². The van der Waals surface area contributed by atoms with Crippen molar-refractivity contribution < 1.29 is 9.13 Å². The van der Waals surface area contributed by atoms with Gasteiger partial charge in [0.2, 0.25) is 0 Å². The largest absolute Gasteiger partial charge is 0.358 e. The molecule has 1 saturated heterocycles. The van der Waals surface area contributed by atoms with E-state index >= 15 is 0 Å². The lowest BCUT2D eigenvalue weighted by molar-refractivity contribution is -0.0595. The van der Waals surface area contributed by atoms with Gasteiger partial charge in [-0.15, -0.1) is 0 Å². The number of halogens is 1. The van der Waals surface area contributed by atoms with Crippen molar-refractivity contribution in [1.82, 2.24) is 5.32 Å². The summed E-state index contributed by atoms with van der Waals surface area (Å²) in [6.07, 6.45) is -0.0985. The van der Waals surface area contributed by atoms with Crippen LogP contribution in [0.1, 0.15) is 25.6 Å². The van der Waals surface area contributed by atoms with E-state index in [1.165, 1.54) is 12.1 Å². The zero-order valence-corrected chi connectivity index (χ0v) is 9.09. The van der Waals surface area contributed by atoms with E-state index in [9.17, 15) is 4.39 Å². The summed E-state index contributed by atoms with van der Waals surface area (Å²) in [6, 6.07) is 6.43. The Morgan fingerprint density at radius 1 is 1.33 bits per heavy atom. The van der Waals surface area contributed by atoms with Gasteiger partial charge in [0.15, 0.2) is 0 Å². The molecule has 1 heterocycles. The van der Waals surface area contributed by atoms with Crippen LogP contribution in [0.3, 0.4) is 0 Å². The van der Waals surface area contributed by atoms with Crippen LogP contribution in [-0.4, -0.2) is 13.2 Å². The van der Waals surface area contributed by atoms with E-state index in [0.717, 1.165) is 18.7 Å². The summed E-state index contributed by atoms with van der Waals surface area (Å²) >= 11 is 0. The predicted octanol–water partition coefficient (Wildman–Crippen LogP) is 2.47. The topological polar surface area (TPSA) is 21.3 Å². The second kappa shape index (κ2) is 3.91. The molecule has 2 nitrogen and oxygen atoms in total. The molecule has 1 aliphatic rings. The van der Waals surface area contributed by atoms with Gasteiger partial charge in [-0.05, 0) is 17.7 Å². The predicted molar refractivity (Wildman–Crippen MR) is 56.9 cm³/mol. The van der Waals surface area contributed by atoms with Crippen molar-refractivity contribution in [2.75, 3.05) is 13.2 Å². The lowest BCUT2D eigenvalue weighted by Crippen LogP contribution is -2.42. The smallest absolute Gasteiger partial charge is 0.134 e. The van der Waals surface area contributed by atoms with Crippen LogP contribution in [0.4, 0.5) is 4.39 Å². The first-order chi connectivity index (χ1) is 7.07. The van der Waals surface area contributed by atoms with Crippen LogP contribution < -0.4 is 5.32 Å². The third-order valence-electron chi connectivity index (χ3n) is 2.58. The van der Waals surface area contributed by atoms with Gasteiger partial charge >= 0.3 is 0 Å². The molecule has 1 N–H and O–H groups in total. The molecule has 82 valence electrons. The van der Waals surface area contributed by atoms with E-state index in [2.05, 4.69) is 19.2 Å². The molecule has 0 amide bonds. The molecule has 1 unspecified atom stereocenters. The third-order valence-corrected chi connectivity index (χ3v) is 2.58. The van der Waals surface area contributed by atoms with Gasteiger partial charge in [0.25, 0.3) is 0 Å². The van der Waals surface area contributed by atoms with Gasteiger partial charge in [-0.25, -0.2) is 4.39 Å². The summed E-state index contributed by atoms with van der Waals surface area (Å²) in [5, 5.41) is 3.30. The Morgan fingerprint density at radius 3 is 2.53 bits per heavy atom. The summed E-state index contributed by atoms with van der Waals surface area (Å²) < 4.78 is 18.4. The molecule has 3 heteroatoms. The van der Waals surface area contributed by atoms with E-state index in [-0.39, 0.29) is 17.5 Å². The Balaban J connectivity index is 2.04. The van der Waals surface area contributed by atoms with Crippen molar-refractivity contribution in [2.24, 2.45) is 5.41 Å². The van der Waals surface area contributed by atoms with Crippen molar-refractivity contribution in [1.29, 1.82) is 0 Å². The first-order valence-corrected chi connectivity index (χ1v) is 5.17. The maximum Gasteiger partial charge on any atom is 0.134 e. The van der Waals surface area contributed by atoms with E-state index in [0.29, 0.717) is 0 Å². The van der Waals surface area contributed by atoms with E-state index in [1.54, 1.807) is 12.1 Å². The number of hydrogen-bond donors (Lipinski definition) is 1. The van der Waals surface area contributed by atoms with Gasteiger partial charge in [-0.3, -0.25) is 5.32 Å². The molecule has 0 spiro atoms. The van der Waals surface area contributed by atoms with Crippen LogP contribution in [0.5, 0.6) is 0 Å². The Hall–Kier alpha value is -0.930. The molecule has 0 aliphatic carbocycles. The maximum absolute atomic E-state index is 12.7. The fraction of sp³-hybridized carbons (Fsp3) is 0.500. The molecule has 1 aromatic rings. The van der Waals surface area contributed by atoms with Crippen molar-refractivity contribution >= 4 is 0 Å². The average molecular weight is 209 g/mol. The summed E-state index contributed by atoms with van der Waals surface area (Å²) in [5.74, 6) is -0.213. The molecule has 1 atom stereocenters. The minimum atomic E-state index is -0.213. The lowest BCUT2D eigenvalue weighted by Gasteiger charge is -2.35. The normalized spacial score (nSPS) is 25.1. The number of nitrogens with one attached hydrogen (secondary N) is 1. The molecular formula is C12H16FNO. The van der Waals surface area contributed by atoms with E-state index in [4.69, 9.17) is 4.74 Å². The van der Waals surface area contributed by atoms with Gasteiger partial charge < -0.3 is 4.74 Å². The Bertz CT molecular complexity index is 324. The number of benzene rings is 1. The number of hydrogen-bond acceptors (Lipinski definition) is 2. The molecule has 0 saturated carbocycles. The quantitative estimate of drug-likeness (QED) is 0.767. The second-order valence-electron chi connectivity index (χ2n) is 4.79. The van der Waals surface area contributed by atoms with Crippen molar-refractivity contribution in [2.45, 2.75) is 20.1 Å². The number of ether oxygens (including phenoxy) is 1. The minimum Gasteiger partial charge on any atom is -0.358 e. The minimum absolute atomic E-state index is 0.0985. The van der Waals surface area contributed by atoms with Gasteiger partial charge in [0.05, 0.1) is 6.61 Å². The molecule has 0 radical (unpaired) electrons. The van der Waals surface area contributed by atoms with Gasteiger partial charge in [0, 0.05) is 12.0 Å². The summed E-state index contributed by atoms with van der Waals surface area (Å²) in [7, 11) is 0. The molecule has 15 heavy (non-hydrogen) atoms. The molecule has 0 aromatic heterocycles. The first-order valence-electron chi connectivity index (χ1n) is 5.17. The van der Waals surface area contributed by atoms with Gasteiger partial charge in [-0.1, -0.05) is 26.0 Å². The zero-order chi connectivity index (χ0) is 10.9. The highest BCUT2D eigenvalue weighted by Gasteiger charge is 2.27. The average Bonchev–Trinajstić information content (AvgIpc) is 2.20. The highest BCUT2D eigenvalue weighted by atomic mass is 19.1. The summed E-state index contributed by atoms with van der Waals surface area (Å²) in [4.78, 5) is 0. The fourth-order valence-corrected chi connectivity index (χ4v) is 1.64. The Kier molecular flexibility index (Phi) is 2.76. The molecule has 2 rings (SSSR count). The highest BCUT2D eigenvalue weighted by molar-refractivity contribution is 5.18. The van der Waals surface area contributed by atoms with Gasteiger partial charge in [0.1, 0.15) is 12.0 Å². The Morgan fingerprint density at radius 2 is 2.00 bits per heavy atom. The van der Waals surface area contributed by atoms with Crippen LogP contribution in [-0.2, 0) is 4.74 Å². The Labute approximate surface area is 89.4 Å². The standard InChI is InChI=1S/C12H16FNO/c1-12(2)7-14-11(15-8-12)9-3-5-10(13)6-4-9/h3-6,11,14H,7-8H2,1-2H3. The highest BCUT2D eigenvalue weighted by Crippen LogP contribution is 2.26. The molecule has 1 aromatic carbocycles. The second-order valence-corrected chi connectivity index (χ2v) is 4.79. The monoisotopic (exact) mass is 209 g/mol. The SMILES string of the molecule is CC1(C)CNC(c2ccc(F)cc2)OC1. The summed E-state index contributed by atoms with van der Waals surface area (Å²) in [6.45, 7) is 5.94. The van der Waals surface area contributed by atoms with E-state index < -0.39 is 0 Å². The number of rotatable bonds is 1. The lowest BCUT2D eigenvalue weighted by atomic mass is 9.93. The van der Waals surface area contributed by atoms with Crippen LogP contribution in [0, 0.1) is 11.2 Å². The summed E-state index contributed by atoms with van der Waals surface area (Å²) in [5.41, 5.74) is 1.16. The van der Waals surface area contributed by atoms with Crippen LogP contribution in [0.15, 0.2) is 24.3 Å². The van der Waals surface area contributed by atoms with Crippen LogP contribution in [0.2, 0.25) is 0 Å². The zero-order valence-electron chi connectivity index (χ0n) is 9.09. The van der Waals surface area contributed by atoms with Crippen LogP contribution in [0.25, 0.3) is 0 Å². The van der Waals surface area contributed by atoms with Crippen molar-refractivity contribution in [3.05, 3.63) is 35.6 Å². The van der Waals surface area contributed by atoms with Crippen molar-refractivity contribution in [3.8, 4) is 0 Å². The first kappa shape index (κ1) is 10.6. The van der Waals surface area contributed by atoms with Crippen LogP contribution >= 0.6 is 0 Å². The third kappa shape index (κ3) is 2.55. The van der Waals surface area contributed by atoms with Gasteiger partial charge in [-0.2, -0.15) is 0 Å².